The second-order valence-electron chi connectivity index (χ2n) is 7.88. The van der Waals surface area contributed by atoms with E-state index in [0.717, 1.165) is 0 Å². The van der Waals surface area contributed by atoms with Crippen LogP contribution in [0.1, 0.15) is 20.8 Å². The summed E-state index contributed by atoms with van der Waals surface area (Å²) in [5.74, 6) is 1.11. The van der Waals surface area contributed by atoms with Crippen LogP contribution in [0.4, 0.5) is 23.1 Å². The number of benzene rings is 1. The molecule has 10 nitrogen and oxygen atoms in total. The average Bonchev–Trinajstić information content (AvgIpc) is 2.74. The summed E-state index contributed by atoms with van der Waals surface area (Å²) in [5.41, 5.74) is 0.0653. The SMILES string of the molecule is CNS(=O)(=O)c1ccc(S(=O)(=O)C(C)(C)C)c(Nc2cc(Nc3ccc(Cl)cn3)ncn2)c1. The van der Waals surface area contributed by atoms with E-state index in [1.807, 2.05) is 0 Å². The Hall–Kier alpha value is -2.80. The van der Waals surface area contributed by atoms with Gasteiger partial charge in [0.1, 0.15) is 23.8 Å². The molecule has 0 atom stereocenters. The third kappa shape index (κ3) is 5.58. The zero-order valence-electron chi connectivity index (χ0n) is 18.3. The molecule has 0 bridgehead atoms. The molecule has 13 heteroatoms. The first-order valence-electron chi connectivity index (χ1n) is 9.63. The maximum atomic E-state index is 13.2. The number of nitrogens with one attached hydrogen (secondary N) is 3. The molecule has 0 unspecified atom stereocenters. The molecular weight excluding hydrogens is 488 g/mol. The minimum Gasteiger partial charge on any atom is -0.339 e. The Morgan fingerprint density at radius 2 is 1.52 bits per heavy atom. The number of pyridine rings is 1. The Balaban J connectivity index is 2.04. The van der Waals surface area contributed by atoms with Crippen molar-refractivity contribution in [3.8, 4) is 0 Å². The monoisotopic (exact) mass is 510 g/mol. The fraction of sp³-hybridized carbons (Fsp3) is 0.250. The summed E-state index contributed by atoms with van der Waals surface area (Å²) in [6, 6.07) is 8.62. The molecule has 33 heavy (non-hydrogen) atoms. The van der Waals surface area contributed by atoms with Gasteiger partial charge in [0, 0.05) is 12.3 Å². The first-order valence-corrected chi connectivity index (χ1v) is 13.0. The molecule has 0 aliphatic carbocycles. The number of hydrogen-bond acceptors (Lipinski definition) is 9. The molecule has 0 amide bonds. The molecule has 0 aliphatic rings. The highest BCUT2D eigenvalue weighted by atomic mass is 35.5. The predicted octanol–water partition coefficient (Wildman–Crippen LogP) is 3.49. The summed E-state index contributed by atoms with van der Waals surface area (Å²) >= 11 is 5.85. The summed E-state index contributed by atoms with van der Waals surface area (Å²) in [4.78, 5) is 12.2. The maximum absolute atomic E-state index is 13.2. The van der Waals surface area contributed by atoms with Gasteiger partial charge in [0.25, 0.3) is 0 Å². The van der Waals surface area contributed by atoms with Crippen LogP contribution >= 0.6 is 11.6 Å². The maximum Gasteiger partial charge on any atom is 0.240 e. The molecule has 2 heterocycles. The number of sulfonamides is 1. The van der Waals surface area contributed by atoms with E-state index in [2.05, 4.69) is 30.3 Å². The van der Waals surface area contributed by atoms with Crippen LogP contribution in [0.15, 0.2) is 58.7 Å². The number of anilines is 4. The van der Waals surface area contributed by atoms with Crippen LogP contribution in [0.2, 0.25) is 5.02 Å². The van der Waals surface area contributed by atoms with Crippen molar-refractivity contribution in [2.24, 2.45) is 0 Å². The van der Waals surface area contributed by atoms with Crippen molar-refractivity contribution in [3.05, 3.63) is 53.9 Å². The van der Waals surface area contributed by atoms with Crippen LogP contribution in [0, 0.1) is 0 Å². The van der Waals surface area contributed by atoms with E-state index in [-0.39, 0.29) is 21.3 Å². The number of hydrogen-bond donors (Lipinski definition) is 3. The summed E-state index contributed by atoms with van der Waals surface area (Å²) < 4.78 is 52.0. The zero-order valence-corrected chi connectivity index (χ0v) is 20.7. The van der Waals surface area contributed by atoms with Crippen LogP contribution in [-0.2, 0) is 19.9 Å². The highest BCUT2D eigenvalue weighted by Crippen LogP contribution is 2.34. The van der Waals surface area contributed by atoms with Crippen molar-refractivity contribution < 1.29 is 16.8 Å². The molecular formula is C20H23ClN6O4S2. The number of rotatable bonds is 7. The number of aromatic nitrogens is 3. The van der Waals surface area contributed by atoms with Crippen molar-refractivity contribution in [1.29, 1.82) is 0 Å². The lowest BCUT2D eigenvalue weighted by Gasteiger charge is -2.22. The molecule has 1 aromatic carbocycles. The van der Waals surface area contributed by atoms with Crippen molar-refractivity contribution >= 4 is 54.6 Å². The summed E-state index contributed by atoms with van der Waals surface area (Å²) in [7, 11) is -6.36. The van der Waals surface area contributed by atoms with Crippen LogP contribution in [0.5, 0.6) is 0 Å². The zero-order chi connectivity index (χ0) is 24.4. The van der Waals surface area contributed by atoms with E-state index in [1.54, 1.807) is 32.9 Å². The molecule has 3 N–H and O–H groups in total. The first-order chi connectivity index (χ1) is 15.3. The summed E-state index contributed by atoms with van der Waals surface area (Å²) in [6.07, 6.45) is 2.74. The van der Waals surface area contributed by atoms with Crippen molar-refractivity contribution in [3.63, 3.8) is 0 Å². The van der Waals surface area contributed by atoms with E-state index >= 15 is 0 Å². The largest absolute Gasteiger partial charge is 0.339 e. The molecule has 2 aromatic heterocycles. The average molecular weight is 511 g/mol. The van der Waals surface area contributed by atoms with Gasteiger partial charge in [-0.3, -0.25) is 0 Å². The Bertz CT molecular complexity index is 1370. The van der Waals surface area contributed by atoms with Crippen LogP contribution < -0.4 is 15.4 Å². The van der Waals surface area contributed by atoms with E-state index in [4.69, 9.17) is 11.6 Å². The van der Waals surface area contributed by atoms with Crippen LogP contribution in [-0.4, -0.2) is 43.6 Å². The van der Waals surface area contributed by atoms with Crippen LogP contribution in [0.3, 0.4) is 0 Å². The number of nitrogens with zero attached hydrogens (tertiary/aromatic N) is 3. The third-order valence-corrected chi connectivity index (χ3v) is 8.72. The minimum atomic E-state index is -3.82. The Kier molecular flexibility index (Phi) is 6.93. The lowest BCUT2D eigenvalue weighted by molar-refractivity contribution is 0.560. The van der Waals surface area contributed by atoms with Gasteiger partial charge in [-0.15, -0.1) is 0 Å². The molecule has 3 aromatic rings. The first kappa shape index (κ1) is 24.8. The topological polar surface area (TPSA) is 143 Å². The Morgan fingerprint density at radius 3 is 2.09 bits per heavy atom. The summed E-state index contributed by atoms with van der Waals surface area (Å²) in [5, 5.41) is 6.39. The standard InChI is InChI=1S/C20H23ClN6O4S2/c1-20(2,3)32(28,29)16-7-6-14(33(30,31)22-4)9-15(16)26-18-10-19(25-12-24-18)27-17-8-5-13(21)11-23-17/h5-12,22H,1-4H3,(H2,23,24,25,26,27). The molecule has 0 fully saturated rings. The van der Waals surface area contributed by atoms with Crippen molar-refractivity contribution in [1.82, 2.24) is 19.7 Å². The fourth-order valence-electron chi connectivity index (χ4n) is 2.67. The van der Waals surface area contributed by atoms with Gasteiger partial charge in [-0.2, -0.15) is 0 Å². The molecule has 0 aliphatic heterocycles. The van der Waals surface area contributed by atoms with Gasteiger partial charge < -0.3 is 10.6 Å². The summed E-state index contributed by atoms with van der Waals surface area (Å²) in [6.45, 7) is 4.70. The van der Waals surface area contributed by atoms with E-state index in [1.165, 1.54) is 43.8 Å². The van der Waals surface area contributed by atoms with E-state index in [0.29, 0.717) is 16.7 Å². The lowest BCUT2D eigenvalue weighted by atomic mass is 10.3. The smallest absolute Gasteiger partial charge is 0.240 e. The van der Waals surface area contributed by atoms with Gasteiger partial charge in [0.05, 0.1) is 25.2 Å². The van der Waals surface area contributed by atoms with Crippen molar-refractivity contribution in [2.45, 2.75) is 35.3 Å². The highest BCUT2D eigenvalue weighted by molar-refractivity contribution is 7.93. The third-order valence-electron chi connectivity index (χ3n) is 4.54. The lowest BCUT2D eigenvalue weighted by Crippen LogP contribution is -2.28. The fourth-order valence-corrected chi connectivity index (χ4v) is 4.84. The van der Waals surface area contributed by atoms with Crippen LogP contribution in [0.25, 0.3) is 0 Å². The van der Waals surface area contributed by atoms with Gasteiger partial charge in [-0.25, -0.2) is 36.5 Å². The minimum absolute atomic E-state index is 0.0578. The molecule has 3 rings (SSSR count). The number of halogens is 1. The number of sulfone groups is 1. The Morgan fingerprint density at radius 1 is 0.848 bits per heavy atom. The highest BCUT2D eigenvalue weighted by Gasteiger charge is 2.33. The predicted molar refractivity (Wildman–Crippen MR) is 127 cm³/mol. The van der Waals surface area contributed by atoms with E-state index in [9.17, 15) is 16.8 Å². The van der Waals surface area contributed by atoms with Gasteiger partial charge in [-0.05, 0) is 58.2 Å². The molecule has 0 spiro atoms. The molecule has 176 valence electrons. The van der Waals surface area contributed by atoms with E-state index < -0.39 is 24.6 Å². The molecule has 0 saturated heterocycles. The quantitative estimate of drug-likeness (QED) is 0.435. The second kappa shape index (κ2) is 9.21. The molecule has 0 radical (unpaired) electrons. The van der Waals surface area contributed by atoms with Gasteiger partial charge >= 0.3 is 0 Å². The van der Waals surface area contributed by atoms with Gasteiger partial charge in [-0.1, -0.05) is 11.6 Å². The van der Waals surface area contributed by atoms with Gasteiger partial charge in [0.2, 0.25) is 10.0 Å². The second-order valence-corrected chi connectivity index (χ2v) is 12.9. The van der Waals surface area contributed by atoms with Crippen molar-refractivity contribution in [2.75, 3.05) is 17.7 Å². The normalized spacial score (nSPS) is 12.4. The Labute approximate surface area is 197 Å². The van der Waals surface area contributed by atoms with Gasteiger partial charge in [0.15, 0.2) is 9.84 Å². The molecule has 0 saturated carbocycles.